The summed E-state index contributed by atoms with van der Waals surface area (Å²) in [6, 6.07) is 11.6. The molecule has 2 rings (SSSR count). The van der Waals surface area contributed by atoms with Crippen LogP contribution in [0.5, 0.6) is 0 Å². The molecule has 0 saturated carbocycles. The molecule has 0 unspecified atom stereocenters. The van der Waals surface area contributed by atoms with Gasteiger partial charge in [0.1, 0.15) is 17.2 Å². The molecular formula is C18H21F2NO. The fraction of sp³-hybridized carbons (Fsp3) is 0.333. The maximum absolute atomic E-state index is 13.2. The first kappa shape index (κ1) is 16.6. The summed E-state index contributed by atoms with van der Waals surface area (Å²) in [5, 5.41) is 11.2. The lowest BCUT2D eigenvalue weighted by Crippen LogP contribution is -2.29. The predicted molar refractivity (Wildman–Crippen MR) is 83.6 cm³/mol. The van der Waals surface area contributed by atoms with Crippen LogP contribution in [0.1, 0.15) is 24.0 Å². The second kappa shape index (κ2) is 6.99. The van der Waals surface area contributed by atoms with E-state index in [4.69, 9.17) is 0 Å². The normalized spacial score (nSPS) is 11.9. The van der Waals surface area contributed by atoms with Crippen LogP contribution in [0.25, 0.3) is 0 Å². The number of rotatable bonds is 6. The zero-order valence-corrected chi connectivity index (χ0v) is 12.9. The molecule has 2 aromatic carbocycles. The Morgan fingerprint density at radius 1 is 0.864 bits per heavy atom. The molecule has 0 atom stereocenters. The van der Waals surface area contributed by atoms with Gasteiger partial charge in [-0.15, -0.1) is 0 Å². The number of aliphatic hydroxyl groups is 1. The summed E-state index contributed by atoms with van der Waals surface area (Å²) in [7, 11) is 3.93. The van der Waals surface area contributed by atoms with E-state index in [1.54, 1.807) is 24.3 Å². The van der Waals surface area contributed by atoms with Crippen molar-refractivity contribution in [1.82, 2.24) is 4.90 Å². The predicted octanol–water partition coefficient (Wildman–Crippen LogP) is 3.54. The second-order valence-electron chi connectivity index (χ2n) is 5.78. The second-order valence-corrected chi connectivity index (χ2v) is 5.78. The third kappa shape index (κ3) is 3.90. The first-order valence-corrected chi connectivity index (χ1v) is 7.31. The van der Waals surface area contributed by atoms with Crippen LogP contribution in [0, 0.1) is 11.6 Å². The molecule has 2 aromatic rings. The van der Waals surface area contributed by atoms with Gasteiger partial charge in [0, 0.05) is 0 Å². The van der Waals surface area contributed by atoms with Crippen molar-refractivity contribution < 1.29 is 13.9 Å². The van der Waals surface area contributed by atoms with Gasteiger partial charge in [-0.25, -0.2) is 8.78 Å². The molecule has 1 N–H and O–H groups in total. The largest absolute Gasteiger partial charge is 0.380 e. The molecule has 0 aliphatic carbocycles. The Morgan fingerprint density at radius 3 is 1.64 bits per heavy atom. The van der Waals surface area contributed by atoms with Gasteiger partial charge in [-0.05, 0) is 68.9 Å². The van der Waals surface area contributed by atoms with Crippen LogP contribution in [-0.4, -0.2) is 30.6 Å². The Balaban J connectivity index is 2.34. The van der Waals surface area contributed by atoms with Gasteiger partial charge >= 0.3 is 0 Å². The fourth-order valence-corrected chi connectivity index (χ4v) is 2.56. The molecule has 0 aliphatic rings. The standard InChI is InChI=1S/C18H21F2NO/c1-21(2)13-3-12-18(22,14-4-8-16(19)9-5-14)15-6-10-17(20)11-7-15/h4-11,22H,3,12-13H2,1-2H3. The monoisotopic (exact) mass is 305 g/mol. The van der Waals surface area contributed by atoms with Gasteiger partial charge in [0.05, 0.1) is 0 Å². The minimum atomic E-state index is -1.25. The van der Waals surface area contributed by atoms with E-state index in [-0.39, 0.29) is 11.6 Å². The zero-order valence-electron chi connectivity index (χ0n) is 12.9. The third-order valence-corrected chi connectivity index (χ3v) is 3.79. The average Bonchev–Trinajstić information content (AvgIpc) is 2.48. The van der Waals surface area contributed by atoms with Gasteiger partial charge in [0.15, 0.2) is 0 Å². The highest BCUT2D eigenvalue weighted by Gasteiger charge is 2.31. The molecule has 118 valence electrons. The van der Waals surface area contributed by atoms with Crippen LogP contribution in [-0.2, 0) is 5.60 Å². The summed E-state index contributed by atoms with van der Waals surface area (Å²) in [6.07, 6.45) is 1.24. The summed E-state index contributed by atoms with van der Waals surface area (Å²) in [4.78, 5) is 2.04. The van der Waals surface area contributed by atoms with Gasteiger partial charge in [0.2, 0.25) is 0 Å². The van der Waals surface area contributed by atoms with E-state index >= 15 is 0 Å². The maximum Gasteiger partial charge on any atom is 0.123 e. The van der Waals surface area contributed by atoms with E-state index in [9.17, 15) is 13.9 Å². The molecule has 0 aromatic heterocycles. The Labute approximate surface area is 130 Å². The van der Waals surface area contributed by atoms with E-state index in [0.717, 1.165) is 13.0 Å². The van der Waals surface area contributed by atoms with Gasteiger partial charge in [-0.1, -0.05) is 24.3 Å². The van der Waals surface area contributed by atoms with Crippen LogP contribution < -0.4 is 0 Å². The first-order valence-electron chi connectivity index (χ1n) is 7.31. The molecule has 0 heterocycles. The molecule has 0 aliphatic heterocycles. The molecule has 4 heteroatoms. The molecule has 22 heavy (non-hydrogen) atoms. The Bertz CT molecular complexity index is 548. The van der Waals surface area contributed by atoms with E-state index in [1.807, 2.05) is 19.0 Å². The minimum Gasteiger partial charge on any atom is -0.380 e. The first-order chi connectivity index (χ1) is 10.4. The molecule has 0 amide bonds. The molecule has 0 fully saturated rings. The Morgan fingerprint density at radius 2 is 1.27 bits per heavy atom. The van der Waals surface area contributed by atoms with Crippen LogP contribution in [0.2, 0.25) is 0 Å². The highest BCUT2D eigenvalue weighted by atomic mass is 19.1. The van der Waals surface area contributed by atoms with Crippen molar-refractivity contribution in [1.29, 1.82) is 0 Å². The minimum absolute atomic E-state index is 0.349. The summed E-state index contributed by atoms with van der Waals surface area (Å²) < 4.78 is 26.3. The average molecular weight is 305 g/mol. The molecular weight excluding hydrogens is 284 g/mol. The van der Waals surface area contributed by atoms with Gasteiger partial charge in [0.25, 0.3) is 0 Å². The topological polar surface area (TPSA) is 23.5 Å². The lowest BCUT2D eigenvalue weighted by molar-refractivity contribution is 0.0663. The van der Waals surface area contributed by atoms with Gasteiger partial charge in [-0.3, -0.25) is 0 Å². The van der Waals surface area contributed by atoms with Crippen molar-refractivity contribution in [2.24, 2.45) is 0 Å². The summed E-state index contributed by atoms with van der Waals surface area (Å²) >= 11 is 0. The lowest BCUT2D eigenvalue weighted by atomic mass is 9.82. The van der Waals surface area contributed by atoms with E-state index < -0.39 is 5.60 Å². The van der Waals surface area contributed by atoms with Gasteiger partial charge in [-0.2, -0.15) is 0 Å². The Kier molecular flexibility index (Phi) is 5.27. The van der Waals surface area contributed by atoms with Crippen molar-refractivity contribution in [3.05, 3.63) is 71.3 Å². The zero-order chi connectivity index (χ0) is 16.2. The molecule has 0 spiro atoms. The number of hydrogen-bond donors (Lipinski definition) is 1. The Hall–Kier alpha value is -1.78. The molecule has 2 nitrogen and oxygen atoms in total. The van der Waals surface area contributed by atoms with Crippen molar-refractivity contribution >= 4 is 0 Å². The van der Waals surface area contributed by atoms with Crippen molar-refractivity contribution in [2.45, 2.75) is 18.4 Å². The van der Waals surface area contributed by atoms with E-state index in [0.29, 0.717) is 17.5 Å². The maximum atomic E-state index is 13.2. The van der Waals surface area contributed by atoms with Crippen LogP contribution in [0.15, 0.2) is 48.5 Å². The summed E-state index contributed by atoms with van der Waals surface area (Å²) in [5.41, 5.74) is -0.0317. The highest BCUT2D eigenvalue weighted by molar-refractivity contribution is 5.36. The van der Waals surface area contributed by atoms with Gasteiger partial charge < -0.3 is 10.0 Å². The fourth-order valence-electron chi connectivity index (χ4n) is 2.56. The van der Waals surface area contributed by atoms with Crippen LogP contribution in [0.3, 0.4) is 0 Å². The quantitative estimate of drug-likeness (QED) is 0.882. The number of hydrogen-bond acceptors (Lipinski definition) is 2. The SMILES string of the molecule is CN(C)CCCC(O)(c1ccc(F)cc1)c1ccc(F)cc1. The summed E-state index contributed by atoms with van der Waals surface area (Å²) in [6.45, 7) is 0.824. The highest BCUT2D eigenvalue weighted by Crippen LogP contribution is 2.34. The summed E-state index contributed by atoms with van der Waals surface area (Å²) in [5.74, 6) is -0.697. The van der Waals surface area contributed by atoms with Crippen molar-refractivity contribution in [3.63, 3.8) is 0 Å². The number of nitrogens with zero attached hydrogens (tertiary/aromatic N) is 1. The van der Waals surface area contributed by atoms with Crippen molar-refractivity contribution in [3.8, 4) is 0 Å². The van der Waals surface area contributed by atoms with E-state index in [1.165, 1.54) is 24.3 Å². The van der Waals surface area contributed by atoms with Crippen LogP contribution in [0.4, 0.5) is 8.78 Å². The van der Waals surface area contributed by atoms with Crippen molar-refractivity contribution in [2.75, 3.05) is 20.6 Å². The van der Waals surface area contributed by atoms with E-state index in [2.05, 4.69) is 0 Å². The smallest absolute Gasteiger partial charge is 0.123 e. The third-order valence-electron chi connectivity index (χ3n) is 3.79. The molecule has 0 radical (unpaired) electrons. The number of benzene rings is 2. The number of halogens is 2. The van der Waals surface area contributed by atoms with Crippen LogP contribution >= 0.6 is 0 Å². The molecule has 0 bridgehead atoms. The molecule has 0 saturated heterocycles. The lowest BCUT2D eigenvalue weighted by Gasteiger charge is -2.30.